The van der Waals surface area contributed by atoms with Gasteiger partial charge in [-0.25, -0.2) is 0 Å². The fourth-order valence-electron chi connectivity index (χ4n) is 0.780. The average Bonchev–Trinajstić information content (AvgIpc) is 1.68. The lowest BCUT2D eigenvalue weighted by Gasteiger charge is -2.19. The molecule has 7 heavy (non-hydrogen) atoms. The summed E-state index contributed by atoms with van der Waals surface area (Å²) in [6.45, 7) is 8.12. The van der Waals surface area contributed by atoms with Crippen LogP contribution in [0.3, 0.4) is 0 Å². The standard InChI is InChI=1S/C7H10/c1-5-4-6(2)7(5)3/h1,4H2,2-3H3. The molecule has 0 spiro atoms. The van der Waals surface area contributed by atoms with Crippen molar-refractivity contribution in [3.8, 4) is 0 Å². The van der Waals surface area contributed by atoms with Gasteiger partial charge in [-0.1, -0.05) is 12.2 Å². The first-order chi connectivity index (χ1) is 3.22. The van der Waals surface area contributed by atoms with Crippen LogP contribution in [0.4, 0.5) is 0 Å². The van der Waals surface area contributed by atoms with Crippen LogP contribution < -0.4 is 0 Å². The first kappa shape index (κ1) is 4.63. The van der Waals surface area contributed by atoms with Crippen LogP contribution in [-0.2, 0) is 0 Å². The molecule has 38 valence electrons. The summed E-state index contributed by atoms with van der Waals surface area (Å²) in [7, 11) is 0. The molecule has 0 amide bonds. The number of hydrogen-bond acceptors (Lipinski definition) is 0. The molecule has 0 atom stereocenters. The molecule has 0 aliphatic heterocycles. The van der Waals surface area contributed by atoms with Crippen LogP contribution >= 0.6 is 0 Å². The number of hydrogen-bond donors (Lipinski definition) is 0. The van der Waals surface area contributed by atoms with Gasteiger partial charge in [0.25, 0.3) is 0 Å². The molecular formula is C7H10. The Morgan fingerprint density at radius 1 is 1.43 bits per heavy atom. The van der Waals surface area contributed by atoms with Crippen LogP contribution in [-0.4, -0.2) is 0 Å². The molecule has 0 nitrogen and oxygen atoms in total. The van der Waals surface area contributed by atoms with Crippen molar-refractivity contribution in [1.29, 1.82) is 0 Å². The molecular weight excluding hydrogens is 84.1 g/mol. The lowest BCUT2D eigenvalue weighted by Crippen LogP contribution is -1.99. The number of allylic oxidation sites excluding steroid dienone is 3. The van der Waals surface area contributed by atoms with Crippen LogP contribution in [0.5, 0.6) is 0 Å². The van der Waals surface area contributed by atoms with Gasteiger partial charge in [-0.15, -0.1) is 0 Å². The van der Waals surface area contributed by atoms with Gasteiger partial charge in [0.1, 0.15) is 0 Å². The molecule has 0 saturated carbocycles. The predicted molar refractivity (Wildman–Crippen MR) is 32.1 cm³/mol. The second-order valence-corrected chi connectivity index (χ2v) is 2.19. The van der Waals surface area contributed by atoms with Crippen LogP contribution in [0.15, 0.2) is 23.3 Å². The Hall–Kier alpha value is -0.520. The fraction of sp³-hybridized carbons (Fsp3) is 0.429. The predicted octanol–water partition coefficient (Wildman–Crippen LogP) is 2.28. The van der Waals surface area contributed by atoms with Crippen molar-refractivity contribution in [2.45, 2.75) is 20.3 Å². The van der Waals surface area contributed by atoms with Crippen molar-refractivity contribution in [3.05, 3.63) is 23.3 Å². The summed E-state index contributed by atoms with van der Waals surface area (Å²) in [6, 6.07) is 0. The van der Waals surface area contributed by atoms with Gasteiger partial charge in [-0.05, 0) is 31.4 Å². The molecule has 0 aromatic rings. The molecule has 0 radical (unpaired) electrons. The summed E-state index contributed by atoms with van der Waals surface area (Å²) in [6.07, 6.45) is 1.14. The van der Waals surface area contributed by atoms with Crippen molar-refractivity contribution >= 4 is 0 Å². The Balaban J connectivity index is 2.85. The highest BCUT2D eigenvalue weighted by Gasteiger charge is 2.11. The van der Waals surface area contributed by atoms with Gasteiger partial charge in [0.15, 0.2) is 0 Å². The van der Waals surface area contributed by atoms with Crippen molar-refractivity contribution < 1.29 is 0 Å². The average molecular weight is 94.2 g/mol. The molecule has 0 heteroatoms. The maximum Gasteiger partial charge on any atom is -0.00673 e. The second-order valence-electron chi connectivity index (χ2n) is 2.19. The molecule has 0 bridgehead atoms. The van der Waals surface area contributed by atoms with E-state index in [9.17, 15) is 0 Å². The van der Waals surface area contributed by atoms with E-state index in [1.165, 1.54) is 16.7 Å². The van der Waals surface area contributed by atoms with Gasteiger partial charge in [0.05, 0.1) is 0 Å². The van der Waals surface area contributed by atoms with E-state index in [0.29, 0.717) is 0 Å². The van der Waals surface area contributed by atoms with E-state index < -0.39 is 0 Å². The first-order valence-electron chi connectivity index (χ1n) is 2.56. The van der Waals surface area contributed by atoms with Gasteiger partial charge >= 0.3 is 0 Å². The molecule has 0 aromatic heterocycles. The Morgan fingerprint density at radius 2 is 2.00 bits per heavy atom. The highest BCUT2D eigenvalue weighted by atomic mass is 14.2. The summed E-state index contributed by atoms with van der Waals surface area (Å²) in [5.41, 5.74) is 4.24. The molecule has 0 saturated heterocycles. The van der Waals surface area contributed by atoms with E-state index >= 15 is 0 Å². The SMILES string of the molecule is C=C1CC(C)=C1C. The Morgan fingerprint density at radius 3 is 2.00 bits per heavy atom. The molecule has 1 aliphatic carbocycles. The van der Waals surface area contributed by atoms with E-state index in [-0.39, 0.29) is 0 Å². The Kier molecular flexibility index (Phi) is 0.810. The molecule has 0 N–H and O–H groups in total. The summed E-state index contributed by atoms with van der Waals surface area (Å²) >= 11 is 0. The third-order valence-corrected chi connectivity index (χ3v) is 1.65. The maximum absolute atomic E-state index is 3.83. The van der Waals surface area contributed by atoms with Gasteiger partial charge < -0.3 is 0 Å². The molecule has 0 fully saturated rings. The monoisotopic (exact) mass is 94.1 g/mol. The lowest BCUT2D eigenvalue weighted by molar-refractivity contribution is 0.986. The first-order valence-corrected chi connectivity index (χ1v) is 2.56. The summed E-state index contributed by atoms with van der Waals surface area (Å²) in [4.78, 5) is 0. The smallest absolute Gasteiger partial charge is 0.00673 e. The molecule has 0 unspecified atom stereocenters. The minimum absolute atomic E-state index is 1.14. The zero-order valence-corrected chi connectivity index (χ0v) is 4.91. The van der Waals surface area contributed by atoms with Crippen molar-refractivity contribution in [3.63, 3.8) is 0 Å². The van der Waals surface area contributed by atoms with Gasteiger partial charge in [-0.3, -0.25) is 0 Å². The van der Waals surface area contributed by atoms with Crippen LogP contribution in [0.2, 0.25) is 0 Å². The molecule has 0 aromatic carbocycles. The van der Waals surface area contributed by atoms with Crippen LogP contribution in [0.25, 0.3) is 0 Å². The quantitative estimate of drug-likeness (QED) is 0.432. The van der Waals surface area contributed by atoms with E-state index in [1.54, 1.807) is 0 Å². The maximum atomic E-state index is 3.83. The van der Waals surface area contributed by atoms with Crippen LogP contribution in [0, 0.1) is 0 Å². The summed E-state index contributed by atoms with van der Waals surface area (Å²) in [5, 5.41) is 0. The normalized spacial score (nSPS) is 20.0. The van der Waals surface area contributed by atoms with Gasteiger partial charge in [0, 0.05) is 0 Å². The number of rotatable bonds is 0. The largest absolute Gasteiger partial charge is 0.0952 e. The van der Waals surface area contributed by atoms with Gasteiger partial charge in [0.2, 0.25) is 0 Å². The van der Waals surface area contributed by atoms with Crippen LogP contribution in [0.1, 0.15) is 20.3 Å². The summed E-state index contributed by atoms with van der Waals surface area (Å²) < 4.78 is 0. The molecule has 0 heterocycles. The van der Waals surface area contributed by atoms with E-state index in [2.05, 4.69) is 20.4 Å². The fourth-order valence-corrected chi connectivity index (χ4v) is 0.780. The zero-order valence-electron chi connectivity index (χ0n) is 4.91. The topological polar surface area (TPSA) is 0 Å². The second kappa shape index (κ2) is 1.22. The van der Waals surface area contributed by atoms with E-state index in [1.807, 2.05) is 0 Å². The van der Waals surface area contributed by atoms with E-state index in [0.717, 1.165) is 6.42 Å². The Labute approximate surface area is 44.5 Å². The van der Waals surface area contributed by atoms with E-state index in [4.69, 9.17) is 0 Å². The third-order valence-electron chi connectivity index (χ3n) is 1.65. The van der Waals surface area contributed by atoms with Crippen molar-refractivity contribution in [2.24, 2.45) is 0 Å². The highest BCUT2D eigenvalue weighted by molar-refractivity contribution is 5.43. The minimum Gasteiger partial charge on any atom is -0.0952 e. The lowest BCUT2D eigenvalue weighted by atomic mass is 9.86. The Bertz CT molecular complexity index is 138. The minimum atomic E-state index is 1.14. The van der Waals surface area contributed by atoms with Crippen molar-refractivity contribution in [2.75, 3.05) is 0 Å². The highest BCUT2D eigenvalue weighted by Crippen LogP contribution is 2.30. The summed E-state index contributed by atoms with van der Waals surface area (Å²) in [5.74, 6) is 0. The third kappa shape index (κ3) is 0.504. The van der Waals surface area contributed by atoms with Gasteiger partial charge in [-0.2, -0.15) is 0 Å². The van der Waals surface area contributed by atoms with Crippen molar-refractivity contribution in [1.82, 2.24) is 0 Å². The molecule has 1 rings (SSSR count). The zero-order chi connectivity index (χ0) is 5.44. The molecule has 1 aliphatic rings.